The molecule has 0 unspecified atom stereocenters. The number of sulfonamides is 1. The molecule has 0 atom stereocenters. The third-order valence-corrected chi connectivity index (χ3v) is 5.09. The van der Waals surface area contributed by atoms with Gasteiger partial charge in [-0.1, -0.05) is 0 Å². The first-order valence-corrected chi connectivity index (χ1v) is 8.31. The van der Waals surface area contributed by atoms with Gasteiger partial charge in [-0.2, -0.15) is 0 Å². The van der Waals surface area contributed by atoms with Gasteiger partial charge in [0, 0.05) is 29.7 Å². The zero-order chi connectivity index (χ0) is 15.6. The molecule has 0 saturated carbocycles. The fourth-order valence-corrected chi connectivity index (χ4v) is 3.59. The first-order chi connectivity index (χ1) is 9.79. The number of nitrogens with one attached hydrogen (secondary N) is 1. The van der Waals surface area contributed by atoms with Crippen LogP contribution in [0.2, 0.25) is 0 Å². The van der Waals surface area contributed by atoms with E-state index in [2.05, 4.69) is 9.71 Å². The third kappa shape index (κ3) is 3.74. The summed E-state index contributed by atoms with van der Waals surface area (Å²) in [7, 11) is -4.17. The first kappa shape index (κ1) is 15.8. The summed E-state index contributed by atoms with van der Waals surface area (Å²) in [5.41, 5.74) is 6.03. The van der Waals surface area contributed by atoms with Gasteiger partial charge in [-0.15, -0.1) is 11.3 Å². The molecule has 2 rings (SSSR count). The fraction of sp³-hybridized carbons (Fsp3) is 0.250. The Morgan fingerprint density at radius 3 is 2.71 bits per heavy atom. The van der Waals surface area contributed by atoms with Crippen LogP contribution in [0.4, 0.5) is 14.5 Å². The molecule has 9 heteroatoms. The van der Waals surface area contributed by atoms with Crippen LogP contribution in [0.3, 0.4) is 0 Å². The van der Waals surface area contributed by atoms with Crippen molar-refractivity contribution in [3.8, 4) is 0 Å². The lowest BCUT2D eigenvalue weighted by molar-refractivity contribution is 0.484. The summed E-state index contributed by atoms with van der Waals surface area (Å²) in [5.74, 6) is -2.74. The number of aryl methyl sites for hydroxylation is 1. The smallest absolute Gasteiger partial charge is 0.243 e. The van der Waals surface area contributed by atoms with Crippen LogP contribution >= 0.6 is 11.3 Å². The number of nitrogens with two attached hydrogens (primary N) is 1. The molecular formula is C12H13F2N3O2S2. The van der Waals surface area contributed by atoms with Crippen LogP contribution in [0, 0.1) is 18.6 Å². The van der Waals surface area contributed by atoms with Gasteiger partial charge in [0.15, 0.2) is 11.6 Å². The quantitative estimate of drug-likeness (QED) is 0.818. The normalized spacial score (nSPS) is 11.8. The number of nitrogen functional groups attached to an aromatic ring is 1. The summed E-state index contributed by atoms with van der Waals surface area (Å²) in [6, 6.07) is 1.61. The lowest BCUT2D eigenvalue weighted by Crippen LogP contribution is -2.27. The van der Waals surface area contributed by atoms with Crippen LogP contribution in [0.1, 0.15) is 10.7 Å². The molecule has 0 aliphatic heterocycles. The Labute approximate surface area is 124 Å². The molecule has 0 saturated heterocycles. The largest absolute Gasteiger partial charge is 0.399 e. The third-order valence-electron chi connectivity index (χ3n) is 2.60. The molecule has 0 radical (unpaired) electrons. The van der Waals surface area contributed by atoms with E-state index in [0.717, 1.165) is 22.8 Å². The van der Waals surface area contributed by atoms with Gasteiger partial charge in [0.2, 0.25) is 10.0 Å². The van der Waals surface area contributed by atoms with E-state index in [-0.39, 0.29) is 12.2 Å². The van der Waals surface area contributed by atoms with E-state index in [4.69, 9.17) is 5.73 Å². The van der Waals surface area contributed by atoms with Crippen LogP contribution in [0.15, 0.2) is 22.4 Å². The van der Waals surface area contributed by atoms with Crippen LogP contribution in [0.25, 0.3) is 0 Å². The Balaban J connectivity index is 2.12. The second-order valence-electron chi connectivity index (χ2n) is 4.35. The predicted molar refractivity (Wildman–Crippen MR) is 76.5 cm³/mol. The second kappa shape index (κ2) is 6.04. The molecule has 21 heavy (non-hydrogen) atoms. The van der Waals surface area contributed by atoms with Gasteiger partial charge < -0.3 is 5.73 Å². The highest BCUT2D eigenvalue weighted by atomic mass is 32.2. The van der Waals surface area contributed by atoms with E-state index >= 15 is 0 Å². The maximum Gasteiger partial charge on any atom is 0.243 e. The molecule has 2 aromatic rings. The number of aromatic nitrogens is 1. The maximum atomic E-state index is 13.6. The molecule has 1 heterocycles. The van der Waals surface area contributed by atoms with Gasteiger partial charge >= 0.3 is 0 Å². The van der Waals surface area contributed by atoms with Gasteiger partial charge in [-0.3, -0.25) is 0 Å². The topological polar surface area (TPSA) is 85.1 Å². The van der Waals surface area contributed by atoms with Gasteiger partial charge in [0.25, 0.3) is 0 Å². The first-order valence-electron chi connectivity index (χ1n) is 5.95. The highest BCUT2D eigenvalue weighted by Crippen LogP contribution is 2.21. The Morgan fingerprint density at radius 1 is 1.38 bits per heavy atom. The number of thiazole rings is 1. The van der Waals surface area contributed by atoms with E-state index in [1.807, 2.05) is 12.3 Å². The molecule has 1 aromatic heterocycles. The molecule has 3 N–H and O–H groups in total. The van der Waals surface area contributed by atoms with E-state index in [9.17, 15) is 17.2 Å². The lowest BCUT2D eigenvalue weighted by Gasteiger charge is -2.08. The van der Waals surface area contributed by atoms with Crippen molar-refractivity contribution in [3.05, 3.63) is 39.8 Å². The monoisotopic (exact) mass is 333 g/mol. The predicted octanol–water partition coefficient (Wildman–Crippen LogP) is 1.83. The fourth-order valence-electron chi connectivity index (χ4n) is 1.67. The molecule has 5 nitrogen and oxygen atoms in total. The Kier molecular flexibility index (Phi) is 4.55. The van der Waals surface area contributed by atoms with Gasteiger partial charge in [-0.25, -0.2) is 26.9 Å². The van der Waals surface area contributed by atoms with Gasteiger partial charge in [0.1, 0.15) is 4.90 Å². The van der Waals surface area contributed by atoms with E-state index < -0.39 is 26.6 Å². The van der Waals surface area contributed by atoms with Crippen molar-refractivity contribution in [1.29, 1.82) is 0 Å². The maximum absolute atomic E-state index is 13.6. The van der Waals surface area contributed by atoms with Crippen LogP contribution in [0.5, 0.6) is 0 Å². The molecule has 0 aliphatic rings. The van der Waals surface area contributed by atoms with Gasteiger partial charge in [-0.05, 0) is 19.1 Å². The van der Waals surface area contributed by atoms with Crippen molar-refractivity contribution >= 4 is 27.0 Å². The molecule has 0 spiro atoms. The number of rotatable bonds is 5. The summed E-state index contributed by atoms with van der Waals surface area (Å²) in [5, 5.41) is 2.60. The Hall–Kier alpha value is -1.58. The second-order valence-corrected chi connectivity index (χ2v) is 7.02. The van der Waals surface area contributed by atoms with Crippen LogP contribution in [-0.2, 0) is 16.4 Å². The average Bonchev–Trinajstić information content (AvgIpc) is 2.79. The van der Waals surface area contributed by atoms with Crippen molar-refractivity contribution < 1.29 is 17.2 Å². The zero-order valence-corrected chi connectivity index (χ0v) is 12.7. The number of hydrogen-bond donors (Lipinski definition) is 2. The van der Waals surface area contributed by atoms with Gasteiger partial charge in [0.05, 0.1) is 5.01 Å². The van der Waals surface area contributed by atoms with Crippen LogP contribution < -0.4 is 10.5 Å². The minimum Gasteiger partial charge on any atom is -0.399 e. The molecule has 0 bridgehead atoms. The van der Waals surface area contributed by atoms with Crippen LogP contribution in [-0.4, -0.2) is 19.9 Å². The number of benzene rings is 1. The van der Waals surface area contributed by atoms with Crippen molar-refractivity contribution in [1.82, 2.24) is 9.71 Å². The molecule has 0 aliphatic carbocycles. The minimum atomic E-state index is -4.17. The number of hydrogen-bond acceptors (Lipinski definition) is 5. The van der Waals surface area contributed by atoms with E-state index in [1.54, 1.807) is 0 Å². The molecule has 1 aromatic carbocycles. The molecule has 0 fully saturated rings. The van der Waals surface area contributed by atoms with E-state index in [0.29, 0.717) is 6.42 Å². The van der Waals surface area contributed by atoms with Crippen molar-refractivity contribution in [2.45, 2.75) is 18.2 Å². The van der Waals surface area contributed by atoms with Crippen molar-refractivity contribution in [2.24, 2.45) is 0 Å². The summed E-state index contributed by atoms with van der Waals surface area (Å²) in [6.07, 6.45) is 0.365. The summed E-state index contributed by atoms with van der Waals surface area (Å²) in [6.45, 7) is 1.86. The molecule has 114 valence electrons. The SMILES string of the molecule is Cc1csc(CCNS(=O)(=O)c2cc(N)cc(F)c2F)n1. The molecular weight excluding hydrogens is 320 g/mol. The Bertz CT molecular complexity index is 760. The lowest BCUT2D eigenvalue weighted by atomic mass is 10.3. The highest BCUT2D eigenvalue weighted by molar-refractivity contribution is 7.89. The number of nitrogens with zero attached hydrogens (tertiary/aromatic N) is 1. The zero-order valence-electron chi connectivity index (χ0n) is 11.1. The van der Waals surface area contributed by atoms with Crippen molar-refractivity contribution in [3.63, 3.8) is 0 Å². The standard InChI is InChI=1S/C12H13F2N3O2S2/c1-7-6-20-11(17-7)2-3-16-21(18,19)10-5-8(15)4-9(13)12(10)14/h4-6,16H,2-3,15H2,1H3. The summed E-state index contributed by atoms with van der Waals surface area (Å²) < 4.78 is 52.9. The number of halogens is 2. The molecule has 0 amide bonds. The van der Waals surface area contributed by atoms with Crippen molar-refractivity contribution in [2.75, 3.05) is 12.3 Å². The highest BCUT2D eigenvalue weighted by Gasteiger charge is 2.22. The Morgan fingerprint density at radius 2 is 2.10 bits per heavy atom. The summed E-state index contributed by atoms with van der Waals surface area (Å²) >= 11 is 1.40. The number of anilines is 1. The minimum absolute atomic E-state index is 0.0329. The summed E-state index contributed by atoms with van der Waals surface area (Å²) in [4.78, 5) is 3.38. The van der Waals surface area contributed by atoms with E-state index in [1.165, 1.54) is 11.3 Å². The average molecular weight is 333 g/mol.